The number of ether oxygens (including phenoxy) is 1. The topological polar surface area (TPSA) is 52.3 Å². The molecule has 0 aliphatic heterocycles. The molecule has 0 aliphatic rings. The van der Waals surface area contributed by atoms with Crippen LogP contribution >= 0.6 is 0 Å². The molecule has 0 atom stereocenters. The second kappa shape index (κ2) is 5.64. The zero-order chi connectivity index (χ0) is 14.7. The van der Waals surface area contributed by atoms with Crippen molar-refractivity contribution in [1.82, 2.24) is 0 Å². The van der Waals surface area contributed by atoms with Gasteiger partial charge < -0.3 is 10.5 Å². The van der Waals surface area contributed by atoms with E-state index in [0.29, 0.717) is 6.07 Å². The Labute approximate surface area is 112 Å². The second-order valence-electron chi connectivity index (χ2n) is 4.05. The Kier molecular flexibility index (Phi) is 3.93. The lowest BCUT2D eigenvalue weighted by Crippen LogP contribution is -2.07. The smallest absolute Gasteiger partial charge is 0.338 e. The number of esters is 1. The zero-order valence-electron chi connectivity index (χ0n) is 10.2. The number of halogens is 3. The minimum Gasteiger partial charge on any atom is -0.457 e. The molecule has 0 fully saturated rings. The Morgan fingerprint density at radius 1 is 1.05 bits per heavy atom. The van der Waals surface area contributed by atoms with Crippen LogP contribution in [0.15, 0.2) is 36.4 Å². The van der Waals surface area contributed by atoms with E-state index in [-0.39, 0.29) is 23.4 Å². The van der Waals surface area contributed by atoms with Gasteiger partial charge in [0.1, 0.15) is 24.1 Å². The molecule has 0 aliphatic carbocycles. The van der Waals surface area contributed by atoms with E-state index < -0.39 is 23.4 Å². The van der Waals surface area contributed by atoms with Crippen LogP contribution in [0.5, 0.6) is 0 Å². The third kappa shape index (κ3) is 3.09. The van der Waals surface area contributed by atoms with Crippen LogP contribution in [0.4, 0.5) is 18.9 Å². The summed E-state index contributed by atoms with van der Waals surface area (Å²) in [6.45, 7) is -0.378. The first-order valence-electron chi connectivity index (χ1n) is 5.63. The van der Waals surface area contributed by atoms with Gasteiger partial charge in [-0.15, -0.1) is 0 Å². The second-order valence-corrected chi connectivity index (χ2v) is 4.05. The maximum atomic E-state index is 13.3. The summed E-state index contributed by atoms with van der Waals surface area (Å²) in [4.78, 5) is 11.6. The minimum atomic E-state index is -0.826. The zero-order valence-corrected chi connectivity index (χ0v) is 10.2. The molecule has 0 spiro atoms. The van der Waals surface area contributed by atoms with Gasteiger partial charge in [-0.3, -0.25) is 0 Å². The Hall–Kier alpha value is -2.50. The maximum Gasteiger partial charge on any atom is 0.338 e. The van der Waals surface area contributed by atoms with Crippen LogP contribution in [0.3, 0.4) is 0 Å². The van der Waals surface area contributed by atoms with Gasteiger partial charge in [0, 0.05) is 11.6 Å². The summed E-state index contributed by atoms with van der Waals surface area (Å²) in [5, 5.41) is 0. The number of nitrogens with two attached hydrogens (primary N) is 1. The van der Waals surface area contributed by atoms with Crippen molar-refractivity contribution in [2.45, 2.75) is 6.61 Å². The normalized spacial score (nSPS) is 10.3. The van der Waals surface area contributed by atoms with Gasteiger partial charge in [-0.2, -0.15) is 0 Å². The van der Waals surface area contributed by atoms with Gasteiger partial charge >= 0.3 is 5.97 Å². The predicted octanol–water partition coefficient (Wildman–Crippen LogP) is 3.04. The van der Waals surface area contributed by atoms with E-state index in [1.165, 1.54) is 18.2 Å². The van der Waals surface area contributed by atoms with Gasteiger partial charge in [0.15, 0.2) is 0 Å². The molecule has 3 nitrogen and oxygen atoms in total. The average Bonchev–Trinajstić information content (AvgIpc) is 2.40. The minimum absolute atomic E-state index is 0.0238. The van der Waals surface area contributed by atoms with Crippen molar-refractivity contribution in [3.05, 3.63) is 65.0 Å². The highest BCUT2D eigenvalue weighted by atomic mass is 19.1. The number of carbonyl (C=O) groups is 1. The van der Waals surface area contributed by atoms with Crippen LogP contribution in [0, 0.1) is 17.5 Å². The monoisotopic (exact) mass is 281 g/mol. The van der Waals surface area contributed by atoms with Gasteiger partial charge in [-0.05, 0) is 30.3 Å². The summed E-state index contributed by atoms with van der Waals surface area (Å²) in [6, 6.07) is 6.35. The largest absolute Gasteiger partial charge is 0.457 e. The summed E-state index contributed by atoms with van der Waals surface area (Å²) in [5.41, 5.74) is 5.17. The molecule has 104 valence electrons. The van der Waals surface area contributed by atoms with E-state index in [2.05, 4.69) is 0 Å². The quantitative estimate of drug-likeness (QED) is 0.695. The third-order valence-corrected chi connectivity index (χ3v) is 2.61. The SMILES string of the molecule is Nc1ccc(C(=O)OCc2ccc(F)cc2F)cc1F. The molecule has 0 radical (unpaired) electrons. The summed E-state index contributed by atoms with van der Waals surface area (Å²) in [6.07, 6.45) is 0. The van der Waals surface area contributed by atoms with E-state index in [1.54, 1.807) is 0 Å². The number of benzene rings is 2. The first-order valence-corrected chi connectivity index (χ1v) is 5.63. The fraction of sp³-hybridized carbons (Fsp3) is 0.0714. The molecule has 0 saturated carbocycles. The number of nitrogen functional groups attached to an aromatic ring is 1. The molecule has 2 aromatic rings. The lowest BCUT2D eigenvalue weighted by atomic mass is 10.2. The lowest BCUT2D eigenvalue weighted by Gasteiger charge is -2.06. The van der Waals surface area contributed by atoms with Gasteiger partial charge in [0.2, 0.25) is 0 Å². The van der Waals surface area contributed by atoms with Crippen molar-refractivity contribution >= 4 is 11.7 Å². The molecular formula is C14H10F3NO2. The molecular weight excluding hydrogens is 271 g/mol. The van der Waals surface area contributed by atoms with E-state index in [4.69, 9.17) is 10.5 Å². The molecule has 2 aromatic carbocycles. The van der Waals surface area contributed by atoms with Crippen LogP contribution in [0.25, 0.3) is 0 Å². The van der Waals surface area contributed by atoms with Crippen LogP contribution in [-0.4, -0.2) is 5.97 Å². The van der Waals surface area contributed by atoms with E-state index >= 15 is 0 Å². The van der Waals surface area contributed by atoms with Crippen molar-refractivity contribution in [2.75, 3.05) is 5.73 Å². The lowest BCUT2D eigenvalue weighted by molar-refractivity contribution is 0.0468. The van der Waals surface area contributed by atoms with Gasteiger partial charge in [0.05, 0.1) is 11.3 Å². The van der Waals surface area contributed by atoms with Crippen molar-refractivity contribution in [1.29, 1.82) is 0 Å². The molecule has 0 aromatic heterocycles. The molecule has 2 N–H and O–H groups in total. The summed E-state index contributed by atoms with van der Waals surface area (Å²) < 4.78 is 44.0. The van der Waals surface area contributed by atoms with Crippen molar-refractivity contribution in [3.8, 4) is 0 Å². The molecule has 0 heterocycles. The highest BCUT2D eigenvalue weighted by Crippen LogP contribution is 2.15. The highest BCUT2D eigenvalue weighted by Gasteiger charge is 2.11. The number of rotatable bonds is 3. The average molecular weight is 281 g/mol. The number of anilines is 1. The standard InChI is InChI=1S/C14H10F3NO2/c15-10-3-1-9(11(16)6-10)7-20-14(19)8-2-4-13(18)12(17)5-8/h1-6H,7,18H2. The number of hydrogen-bond donors (Lipinski definition) is 1. The Morgan fingerprint density at radius 3 is 2.45 bits per heavy atom. The van der Waals surface area contributed by atoms with E-state index in [9.17, 15) is 18.0 Å². The molecule has 0 amide bonds. The molecule has 0 unspecified atom stereocenters. The van der Waals surface area contributed by atoms with Crippen molar-refractivity contribution < 1.29 is 22.7 Å². The van der Waals surface area contributed by atoms with Gasteiger partial charge in [-0.25, -0.2) is 18.0 Å². The summed E-state index contributed by atoms with van der Waals surface area (Å²) in [5.74, 6) is -3.11. The third-order valence-electron chi connectivity index (χ3n) is 2.61. The highest BCUT2D eigenvalue weighted by molar-refractivity contribution is 5.89. The summed E-state index contributed by atoms with van der Waals surface area (Å²) >= 11 is 0. The van der Waals surface area contributed by atoms with Gasteiger partial charge in [0.25, 0.3) is 0 Å². The molecule has 0 bridgehead atoms. The maximum absolute atomic E-state index is 13.3. The fourth-order valence-electron chi connectivity index (χ4n) is 1.52. The van der Waals surface area contributed by atoms with Crippen LogP contribution in [0.2, 0.25) is 0 Å². The first-order chi connectivity index (χ1) is 9.47. The van der Waals surface area contributed by atoms with Gasteiger partial charge in [-0.1, -0.05) is 0 Å². The van der Waals surface area contributed by atoms with E-state index in [0.717, 1.165) is 12.1 Å². The molecule has 20 heavy (non-hydrogen) atoms. The Balaban J connectivity index is 2.06. The fourth-order valence-corrected chi connectivity index (χ4v) is 1.52. The predicted molar refractivity (Wildman–Crippen MR) is 66.3 cm³/mol. The molecule has 2 rings (SSSR count). The van der Waals surface area contributed by atoms with Crippen molar-refractivity contribution in [2.24, 2.45) is 0 Å². The molecule has 0 saturated heterocycles. The van der Waals surface area contributed by atoms with Crippen molar-refractivity contribution in [3.63, 3.8) is 0 Å². The summed E-state index contributed by atoms with van der Waals surface area (Å²) in [7, 11) is 0. The first kappa shape index (κ1) is 13.9. The van der Waals surface area contributed by atoms with Crippen LogP contribution < -0.4 is 5.73 Å². The van der Waals surface area contributed by atoms with Crippen LogP contribution in [-0.2, 0) is 11.3 Å². The van der Waals surface area contributed by atoms with E-state index in [1.807, 2.05) is 0 Å². The molecule has 6 heteroatoms. The number of hydrogen-bond acceptors (Lipinski definition) is 3. The Morgan fingerprint density at radius 2 is 1.80 bits per heavy atom. The Bertz CT molecular complexity index is 659. The number of carbonyl (C=O) groups excluding carboxylic acids is 1. The van der Waals surface area contributed by atoms with Crippen LogP contribution in [0.1, 0.15) is 15.9 Å².